The largest absolute Gasteiger partial charge is 0.457 e. The summed E-state index contributed by atoms with van der Waals surface area (Å²) in [5.74, 6) is -0.412. The molecule has 0 bridgehead atoms. The Morgan fingerprint density at radius 3 is 1.48 bits per heavy atom. The topological polar surface area (TPSA) is 178 Å². The number of rotatable bonds is 46. The maximum atomic E-state index is 12.9. The molecular weight excluding hydrogens is 873 g/mol. The van der Waals surface area contributed by atoms with E-state index in [1.54, 1.807) is 0 Å². The van der Waals surface area contributed by atoms with Gasteiger partial charge in [-0.2, -0.15) is 8.42 Å². The predicted octanol–water partition coefficient (Wildman–Crippen LogP) is 12.5. The molecule has 1 aliphatic rings. The Balaban J connectivity index is 2.36. The fourth-order valence-electron chi connectivity index (χ4n) is 7.94. The zero-order valence-electron chi connectivity index (χ0n) is 41.9. The highest BCUT2D eigenvalue weighted by Crippen LogP contribution is 2.26. The van der Waals surface area contributed by atoms with Crippen molar-refractivity contribution in [3.8, 4) is 0 Å². The van der Waals surface area contributed by atoms with E-state index in [1.807, 2.05) is 0 Å². The number of hydrogen-bond donors (Lipinski definition) is 4. The van der Waals surface area contributed by atoms with Crippen molar-refractivity contribution in [1.29, 1.82) is 0 Å². The van der Waals surface area contributed by atoms with Gasteiger partial charge >= 0.3 is 16.4 Å². The van der Waals surface area contributed by atoms with Gasteiger partial charge in [-0.3, -0.25) is 9.35 Å². The molecule has 67 heavy (non-hydrogen) atoms. The van der Waals surface area contributed by atoms with E-state index in [4.69, 9.17) is 18.9 Å². The van der Waals surface area contributed by atoms with Crippen LogP contribution in [0.1, 0.15) is 213 Å². The highest BCUT2D eigenvalue weighted by Gasteiger charge is 2.48. The van der Waals surface area contributed by atoms with Crippen molar-refractivity contribution in [1.82, 2.24) is 0 Å². The summed E-state index contributed by atoms with van der Waals surface area (Å²) in [5, 5.41) is 30.8. The van der Waals surface area contributed by atoms with Crippen molar-refractivity contribution in [3.63, 3.8) is 0 Å². The van der Waals surface area contributed by atoms with E-state index < -0.39 is 59.8 Å². The summed E-state index contributed by atoms with van der Waals surface area (Å²) in [6.45, 7) is 3.80. The number of unbranched alkanes of at least 4 members (excludes halogenated alkanes) is 23. The Hall–Kier alpha value is -2.20. The number of allylic oxidation sites excluding steroid dienone is 10. The first-order valence-corrected chi connectivity index (χ1v) is 27.9. The van der Waals surface area contributed by atoms with Gasteiger partial charge in [-0.25, -0.2) is 4.18 Å². The molecule has 6 unspecified atom stereocenters. The highest BCUT2D eigenvalue weighted by atomic mass is 32.3. The molecular formula is C54H96O12S. The summed E-state index contributed by atoms with van der Waals surface area (Å²) in [4.78, 5) is 12.9. The van der Waals surface area contributed by atoms with Crippen LogP contribution in [0.2, 0.25) is 0 Å². The molecule has 1 rings (SSSR count). The minimum Gasteiger partial charge on any atom is -0.457 e. The summed E-state index contributed by atoms with van der Waals surface area (Å²) in [6.07, 6.45) is 48.4. The van der Waals surface area contributed by atoms with Gasteiger partial charge in [0.2, 0.25) is 0 Å². The van der Waals surface area contributed by atoms with Crippen LogP contribution in [0.3, 0.4) is 0 Å². The normalized spacial score (nSPS) is 19.9. The third-order valence-corrected chi connectivity index (χ3v) is 12.4. The minimum atomic E-state index is -5.07. The third kappa shape index (κ3) is 38.3. The first-order valence-electron chi connectivity index (χ1n) is 26.5. The van der Waals surface area contributed by atoms with E-state index >= 15 is 0 Å². The maximum Gasteiger partial charge on any atom is 0.397 e. The van der Waals surface area contributed by atoms with Gasteiger partial charge in [0.1, 0.15) is 30.5 Å². The van der Waals surface area contributed by atoms with E-state index in [9.17, 15) is 33.1 Å². The van der Waals surface area contributed by atoms with Crippen LogP contribution in [0.15, 0.2) is 60.8 Å². The van der Waals surface area contributed by atoms with Crippen molar-refractivity contribution >= 4 is 16.4 Å². The van der Waals surface area contributed by atoms with E-state index in [0.717, 1.165) is 70.6 Å². The average molecular weight is 969 g/mol. The molecule has 0 spiro atoms. The number of aliphatic hydroxyl groups excluding tert-OH is 3. The SMILES string of the molecule is CC/C=C\C/C=C\C/C=C\C/C=C\C/C=C\CCCCOCC(COC1OC(CO)C(O)C(OS(=O)(=O)O)C1O)OC(=O)CCCCCCCCCCCCCCCCCCCCCCCC. The Bertz CT molecular complexity index is 1400. The fraction of sp³-hybridized carbons (Fsp3) is 0.796. The molecule has 4 N–H and O–H groups in total. The van der Waals surface area contributed by atoms with Crippen LogP contribution in [0.25, 0.3) is 0 Å². The molecule has 0 amide bonds. The molecule has 6 atom stereocenters. The lowest BCUT2D eigenvalue weighted by Gasteiger charge is -2.41. The summed E-state index contributed by atoms with van der Waals surface area (Å²) < 4.78 is 59.2. The van der Waals surface area contributed by atoms with Crippen molar-refractivity contribution in [2.24, 2.45) is 0 Å². The van der Waals surface area contributed by atoms with Crippen LogP contribution in [0.5, 0.6) is 0 Å². The molecule has 0 aliphatic carbocycles. The molecule has 0 aromatic heterocycles. The average Bonchev–Trinajstić information content (AvgIpc) is 3.30. The zero-order valence-corrected chi connectivity index (χ0v) is 42.8. The standard InChI is InChI=1S/C54H96O12S/c1-3-5-7-9-11-13-15-17-19-21-23-24-25-26-27-29-31-33-35-37-39-41-43-50(56)64-48(47-63-54-52(58)53(66-67(59,60)61)51(57)49(45-55)65-54)46-62-44-42-40-38-36-34-32-30-28-22-20-18-16-14-12-10-8-6-4-2/h6,8,12,14,18,20,28,30,34,36,48-49,51-55,57-58H,3-5,7,9-11,13,15-17,19,21-27,29,31-33,35,37-47H2,1-2H3,(H,59,60,61)/b8-6-,14-12-,20-18-,30-28-,36-34-. The van der Waals surface area contributed by atoms with E-state index in [-0.39, 0.29) is 19.6 Å². The molecule has 0 aromatic rings. The summed E-state index contributed by atoms with van der Waals surface area (Å²) in [5.41, 5.74) is 0. The van der Waals surface area contributed by atoms with Crippen molar-refractivity contribution < 1.29 is 56.2 Å². The number of aliphatic hydroxyl groups is 3. The molecule has 1 heterocycles. The minimum absolute atomic E-state index is 0.00653. The van der Waals surface area contributed by atoms with E-state index in [1.165, 1.54) is 116 Å². The Morgan fingerprint density at radius 1 is 0.582 bits per heavy atom. The van der Waals surface area contributed by atoms with Crippen molar-refractivity contribution in [2.75, 3.05) is 26.4 Å². The smallest absolute Gasteiger partial charge is 0.397 e. The summed E-state index contributed by atoms with van der Waals surface area (Å²) in [7, 11) is -5.07. The highest BCUT2D eigenvalue weighted by molar-refractivity contribution is 7.80. The molecule has 1 fully saturated rings. The van der Waals surface area contributed by atoms with Crippen LogP contribution >= 0.6 is 0 Å². The second-order valence-corrected chi connectivity index (χ2v) is 19.1. The lowest BCUT2D eigenvalue weighted by molar-refractivity contribution is -0.301. The molecule has 13 heteroatoms. The number of esters is 1. The summed E-state index contributed by atoms with van der Waals surface area (Å²) >= 11 is 0. The predicted molar refractivity (Wildman–Crippen MR) is 271 cm³/mol. The quantitative estimate of drug-likeness (QED) is 0.0197. The first-order chi connectivity index (χ1) is 32.6. The number of ether oxygens (including phenoxy) is 4. The van der Waals surface area contributed by atoms with Gasteiger partial charge in [-0.1, -0.05) is 209 Å². The van der Waals surface area contributed by atoms with Gasteiger partial charge in [-0.05, 0) is 57.8 Å². The van der Waals surface area contributed by atoms with Crippen LogP contribution in [0, 0.1) is 0 Å². The first kappa shape index (κ1) is 62.8. The second-order valence-electron chi connectivity index (χ2n) is 18.1. The molecule has 12 nitrogen and oxygen atoms in total. The van der Waals surface area contributed by atoms with E-state index in [2.05, 4.69) is 78.8 Å². The molecule has 390 valence electrons. The van der Waals surface area contributed by atoms with Gasteiger partial charge < -0.3 is 34.3 Å². The van der Waals surface area contributed by atoms with Gasteiger partial charge in [-0.15, -0.1) is 0 Å². The Labute approximate surface area is 408 Å². The zero-order chi connectivity index (χ0) is 48.9. The number of carbonyl (C=O) groups excluding carboxylic acids is 1. The Morgan fingerprint density at radius 2 is 1.03 bits per heavy atom. The summed E-state index contributed by atoms with van der Waals surface area (Å²) in [6, 6.07) is 0. The van der Waals surface area contributed by atoms with Crippen molar-refractivity contribution in [2.45, 2.75) is 250 Å². The lowest BCUT2D eigenvalue weighted by Crippen LogP contribution is -2.60. The van der Waals surface area contributed by atoms with Crippen LogP contribution in [-0.4, -0.2) is 97.5 Å². The van der Waals surface area contributed by atoms with E-state index in [0.29, 0.717) is 13.0 Å². The monoisotopic (exact) mass is 969 g/mol. The fourth-order valence-corrected chi connectivity index (χ4v) is 8.44. The third-order valence-electron chi connectivity index (χ3n) is 11.9. The number of hydrogen-bond acceptors (Lipinski definition) is 11. The molecule has 0 aromatic carbocycles. The second kappa shape index (κ2) is 45.0. The van der Waals surface area contributed by atoms with Crippen molar-refractivity contribution in [3.05, 3.63) is 60.8 Å². The molecule has 1 aliphatic heterocycles. The molecule has 0 radical (unpaired) electrons. The number of carbonyl (C=O) groups is 1. The van der Waals surface area contributed by atoms with Gasteiger partial charge in [0.05, 0.1) is 19.8 Å². The van der Waals surface area contributed by atoms with Crippen LogP contribution in [-0.2, 0) is 38.3 Å². The van der Waals surface area contributed by atoms with Gasteiger partial charge in [0.15, 0.2) is 6.29 Å². The Kier molecular flexibility index (Phi) is 42.2. The van der Waals surface area contributed by atoms with Crippen LogP contribution in [0.4, 0.5) is 0 Å². The van der Waals surface area contributed by atoms with Gasteiger partial charge in [0.25, 0.3) is 0 Å². The van der Waals surface area contributed by atoms with Gasteiger partial charge in [0, 0.05) is 13.0 Å². The molecule has 1 saturated heterocycles. The lowest BCUT2D eigenvalue weighted by atomic mass is 9.99. The molecule has 0 saturated carbocycles. The van der Waals surface area contributed by atoms with Crippen LogP contribution < -0.4 is 0 Å². The maximum absolute atomic E-state index is 12.9.